The van der Waals surface area contributed by atoms with Gasteiger partial charge in [0, 0.05) is 30.6 Å². The molecule has 0 spiro atoms. The van der Waals surface area contributed by atoms with Gasteiger partial charge in [0.2, 0.25) is 0 Å². The molecule has 214 valence electrons. The number of rotatable bonds is 9. The van der Waals surface area contributed by atoms with Crippen LogP contribution in [0.3, 0.4) is 0 Å². The van der Waals surface area contributed by atoms with Crippen LogP contribution >= 0.6 is 11.6 Å². The van der Waals surface area contributed by atoms with Crippen LogP contribution in [-0.4, -0.2) is 67.4 Å². The first kappa shape index (κ1) is 27.9. The number of aryl methyl sites for hydroxylation is 1. The van der Waals surface area contributed by atoms with E-state index in [-0.39, 0.29) is 30.2 Å². The molecule has 3 heterocycles. The molecular formula is C32H29ClN4O5. The Hall–Kier alpha value is -4.28. The van der Waals surface area contributed by atoms with Gasteiger partial charge >= 0.3 is 12.0 Å². The molecule has 10 heteroatoms. The van der Waals surface area contributed by atoms with Crippen molar-refractivity contribution in [3.05, 3.63) is 94.5 Å². The number of ether oxygens (including phenoxy) is 1. The second-order valence-electron chi connectivity index (χ2n) is 10.9. The molecule has 6 rings (SSSR count). The van der Waals surface area contributed by atoms with Gasteiger partial charge in [-0.05, 0) is 47.4 Å². The van der Waals surface area contributed by atoms with Gasteiger partial charge in [-0.15, -0.1) is 0 Å². The molecule has 1 aliphatic heterocycles. The summed E-state index contributed by atoms with van der Waals surface area (Å²) in [4.78, 5) is 25.8. The number of fused-ring (bicyclic) bond motifs is 1. The van der Waals surface area contributed by atoms with Gasteiger partial charge in [-0.25, -0.2) is 9.78 Å². The summed E-state index contributed by atoms with van der Waals surface area (Å²) in [7, 11) is 0. The number of nitrogens with one attached hydrogen (secondary N) is 1. The summed E-state index contributed by atoms with van der Waals surface area (Å²) in [6, 6.07) is 23.1. The van der Waals surface area contributed by atoms with Crippen LogP contribution in [0.15, 0.2) is 72.8 Å². The molecule has 2 aromatic heterocycles. The number of likely N-dealkylation sites (tertiary alicyclic amines) is 1. The van der Waals surface area contributed by atoms with E-state index in [1.54, 1.807) is 25.1 Å². The molecular weight excluding hydrogens is 556 g/mol. The molecule has 0 saturated carbocycles. The Kier molecular flexibility index (Phi) is 7.42. The van der Waals surface area contributed by atoms with E-state index in [4.69, 9.17) is 16.3 Å². The summed E-state index contributed by atoms with van der Waals surface area (Å²) in [6.45, 7) is 3.90. The molecule has 0 radical (unpaired) electrons. The summed E-state index contributed by atoms with van der Waals surface area (Å²) >= 11 is 6.60. The lowest BCUT2D eigenvalue weighted by molar-refractivity contribution is -0.0786. The number of aromatic amines is 1. The molecule has 9 nitrogen and oxygen atoms in total. The van der Waals surface area contributed by atoms with Crippen LogP contribution in [-0.2, 0) is 6.54 Å². The van der Waals surface area contributed by atoms with E-state index in [2.05, 4.69) is 44.1 Å². The van der Waals surface area contributed by atoms with E-state index in [0.717, 1.165) is 23.2 Å². The quantitative estimate of drug-likeness (QED) is 0.178. The predicted molar refractivity (Wildman–Crippen MR) is 160 cm³/mol. The van der Waals surface area contributed by atoms with E-state index in [9.17, 15) is 20.1 Å². The zero-order valence-corrected chi connectivity index (χ0v) is 23.6. The summed E-state index contributed by atoms with van der Waals surface area (Å²) in [5.74, 6) is -0.682. The number of aromatic carboxylic acids is 1. The van der Waals surface area contributed by atoms with Crippen LogP contribution in [0, 0.1) is 12.3 Å². The SMILES string of the molecule is Cc1ccc(Oc2nc3nc(-c4ccc(-c5ccc(CN6CC(CO)(CO)C6)cc5)cc4)c(Cl)cc3[nH]2)cc1C(=O)O. The van der Waals surface area contributed by atoms with Crippen LogP contribution in [0.2, 0.25) is 5.02 Å². The number of nitrogens with zero attached hydrogens (tertiary/aromatic N) is 3. The van der Waals surface area contributed by atoms with Crippen LogP contribution in [0.4, 0.5) is 0 Å². The third kappa shape index (κ3) is 5.47. The van der Waals surface area contributed by atoms with Crippen molar-refractivity contribution in [2.24, 2.45) is 5.41 Å². The molecule has 42 heavy (non-hydrogen) atoms. The van der Waals surface area contributed by atoms with E-state index >= 15 is 0 Å². The van der Waals surface area contributed by atoms with E-state index < -0.39 is 5.97 Å². The van der Waals surface area contributed by atoms with Gasteiger partial charge in [0.25, 0.3) is 0 Å². The number of aromatic nitrogens is 3. The minimum atomic E-state index is -1.03. The van der Waals surface area contributed by atoms with Gasteiger partial charge in [-0.1, -0.05) is 66.2 Å². The summed E-state index contributed by atoms with van der Waals surface area (Å²) in [6.07, 6.45) is 0. The Morgan fingerprint density at radius 2 is 1.60 bits per heavy atom. The van der Waals surface area contributed by atoms with Crippen LogP contribution < -0.4 is 4.74 Å². The summed E-state index contributed by atoms with van der Waals surface area (Å²) in [5.41, 5.74) is 6.19. The number of hydrogen-bond acceptors (Lipinski definition) is 7. The third-order valence-electron chi connectivity index (χ3n) is 7.70. The maximum Gasteiger partial charge on any atom is 0.336 e. The first-order chi connectivity index (χ1) is 20.3. The predicted octanol–water partition coefficient (Wildman–Crippen LogP) is 5.53. The zero-order chi connectivity index (χ0) is 29.4. The van der Waals surface area contributed by atoms with Gasteiger partial charge in [0.1, 0.15) is 5.75 Å². The van der Waals surface area contributed by atoms with Crippen molar-refractivity contribution < 1.29 is 24.9 Å². The first-order valence-electron chi connectivity index (χ1n) is 13.5. The number of aliphatic hydroxyl groups excluding tert-OH is 2. The Bertz CT molecular complexity index is 1760. The minimum Gasteiger partial charge on any atom is -0.478 e. The summed E-state index contributed by atoms with van der Waals surface area (Å²) in [5, 5.41) is 28.8. The van der Waals surface area contributed by atoms with Crippen molar-refractivity contribution in [1.82, 2.24) is 19.9 Å². The maximum atomic E-state index is 11.5. The highest BCUT2D eigenvalue weighted by molar-refractivity contribution is 6.33. The first-order valence-corrected chi connectivity index (χ1v) is 13.9. The van der Waals surface area contributed by atoms with Gasteiger partial charge in [-0.2, -0.15) is 4.98 Å². The average molecular weight is 585 g/mol. The average Bonchev–Trinajstić information content (AvgIpc) is 3.36. The van der Waals surface area contributed by atoms with E-state index in [1.807, 2.05) is 24.3 Å². The monoisotopic (exact) mass is 584 g/mol. The molecule has 4 N–H and O–H groups in total. The number of H-pyrrole nitrogens is 1. The van der Waals surface area contributed by atoms with Crippen LogP contribution in [0.25, 0.3) is 33.5 Å². The Morgan fingerprint density at radius 3 is 2.24 bits per heavy atom. The highest BCUT2D eigenvalue weighted by Gasteiger charge is 2.41. The normalized spacial score (nSPS) is 14.6. The fraction of sp³-hybridized carbons (Fsp3) is 0.219. The second-order valence-corrected chi connectivity index (χ2v) is 11.3. The molecule has 0 bridgehead atoms. The van der Waals surface area contributed by atoms with Gasteiger partial charge in [0.05, 0.1) is 35.0 Å². The standard InChI is InChI=1S/C32H29ClN4O5/c1-19-2-11-24(12-25(19)30(40)41)42-31-34-27-13-26(33)28(35-29(27)36-31)23-9-7-22(8-10-23)21-5-3-20(4-6-21)14-37-15-32(16-37,17-38)18-39/h2-13,38-39H,14-18H2,1H3,(H,40,41)(H,34,35,36). The number of hydrogen-bond donors (Lipinski definition) is 4. The highest BCUT2D eigenvalue weighted by Crippen LogP contribution is 2.33. The van der Waals surface area contributed by atoms with Crippen molar-refractivity contribution >= 4 is 28.7 Å². The van der Waals surface area contributed by atoms with Crippen molar-refractivity contribution in [3.8, 4) is 34.1 Å². The van der Waals surface area contributed by atoms with Crippen LogP contribution in [0.5, 0.6) is 11.8 Å². The third-order valence-corrected chi connectivity index (χ3v) is 7.99. The van der Waals surface area contributed by atoms with Crippen molar-refractivity contribution in [2.75, 3.05) is 26.3 Å². The number of carbonyl (C=O) groups is 1. The molecule has 0 atom stereocenters. The number of benzene rings is 3. The topological polar surface area (TPSA) is 132 Å². The van der Waals surface area contributed by atoms with Crippen LogP contribution in [0.1, 0.15) is 21.5 Å². The smallest absolute Gasteiger partial charge is 0.336 e. The molecule has 3 aromatic carbocycles. The Balaban J connectivity index is 1.16. The fourth-order valence-corrected chi connectivity index (χ4v) is 5.56. The lowest BCUT2D eigenvalue weighted by Gasteiger charge is -2.48. The number of pyridine rings is 1. The van der Waals surface area contributed by atoms with Crippen molar-refractivity contribution in [1.29, 1.82) is 0 Å². The molecule has 0 unspecified atom stereocenters. The molecule has 1 saturated heterocycles. The lowest BCUT2D eigenvalue weighted by Crippen LogP contribution is -2.59. The number of imidazole rings is 1. The minimum absolute atomic E-state index is 0.00553. The largest absolute Gasteiger partial charge is 0.478 e. The highest BCUT2D eigenvalue weighted by atomic mass is 35.5. The Labute approximate surface area is 247 Å². The molecule has 5 aromatic rings. The number of halogens is 1. The number of carboxylic acids is 1. The fourth-order valence-electron chi connectivity index (χ4n) is 5.30. The number of carboxylic acid groups (broad SMARTS) is 1. The molecule has 1 aliphatic rings. The number of aliphatic hydroxyl groups is 2. The lowest BCUT2D eigenvalue weighted by atomic mass is 9.81. The molecule has 1 fully saturated rings. The Morgan fingerprint density at radius 1 is 0.952 bits per heavy atom. The second kappa shape index (κ2) is 11.2. The van der Waals surface area contributed by atoms with Gasteiger partial charge < -0.3 is 25.0 Å². The maximum absolute atomic E-state index is 11.5. The zero-order valence-electron chi connectivity index (χ0n) is 22.8. The van der Waals surface area contributed by atoms with Crippen molar-refractivity contribution in [3.63, 3.8) is 0 Å². The van der Waals surface area contributed by atoms with E-state index in [0.29, 0.717) is 46.3 Å². The van der Waals surface area contributed by atoms with Gasteiger partial charge in [0.15, 0.2) is 5.65 Å². The van der Waals surface area contributed by atoms with Gasteiger partial charge in [-0.3, -0.25) is 4.90 Å². The molecule has 0 aliphatic carbocycles. The van der Waals surface area contributed by atoms with Crippen molar-refractivity contribution in [2.45, 2.75) is 13.5 Å². The molecule has 0 amide bonds. The summed E-state index contributed by atoms with van der Waals surface area (Å²) < 4.78 is 5.78. The van der Waals surface area contributed by atoms with E-state index in [1.165, 1.54) is 11.6 Å².